The van der Waals surface area contributed by atoms with Gasteiger partial charge in [0.25, 0.3) is 0 Å². The average molecular weight is 368 g/mol. The minimum atomic E-state index is -0.262. The fraction of sp³-hybridized carbons (Fsp3) is 0.0435. The second-order valence-electron chi connectivity index (χ2n) is 6.40. The first-order valence-corrected chi connectivity index (χ1v) is 9.05. The van der Waals surface area contributed by atoms with Crippen LogP contribution in [-0.4, -0.2) is 15.7 Å². The molecule has 28 heavy (non-hydrogen) atoms. The van der Waals surface area contributed by atoms with Crippen LogP contribution >= 0.6 is 0 Å². The fourth-order valence-electron chi connectivity index (χ4n) is 3.31. The molecule has 1 amide bonds. The Kier molecular flexibility index (Phi) is 4.99. The van der Waals surface area contributed by atoms with E-state index >= 15 is 0 Å². The number of hydrogen-bond donors (Lipinski definition) is 2. The van der Waals surface area contributed by atoms with E-state index in [-0.39, 0.29) is 12.3 Å². The SMILES string of the molecule is NNC(=O)Cc1c(-c2ccccc2)nn(-c2ccccc2)c1-c1ccccc1. The molecule has 0 aliphatic carbocycles. The molecule has 4 aromatic rings. The zero-order chi connectivity index (χ0) is 19.3. The van der Waals surface area contributed by atoms with Gasteiger partial charge in [-0.1, -0.05) is 78.9 Å². The Balaban J connectivity index is 2.02. The lowest BCUT2D eigenvalue weighted by atomic mass is 9.99. The van der Waals surface area contributed by atoms with Gasteiger partial charge in [-0.2, -0.15) is 5.10 Å². The molecule has 0 spiro atoms. The molecule has 138 valence electrons. The smallest absolute Gasteiger partial charge is 0.238 e. The van der Waals surface area contributed by atoms with Crippen LogP contribution in [0.1, 0.15) is 5.56 Å². The third kappa shape index (κ3) is 3.43. The fourth-order valence-corrected chi connectivity index (χ4v) is 3.31. The lowest BCUT2D eigenvalue weighted by Gasteiger charge is -2.10. The van der Waals surface area contributed by atoms with Crippen molar-refractivity contribution >= 4 is 5.91 Å². The number of carbonyl (C=O) groups excluding carboxylic acids is 1. The van der Waals surface area contributed by atoms with Crippen molar-refractivity contribution in [3.8, 4) is 28.2 Å². The maximum Gasteiger partial charge on any atom is 0.238 e. The van der Waals surface area contributed by atoms with E-state index in [1.54, 1.807) is 0 Å². The zero-order valence-corrected chi connectivity index (χ0v) is 15.2. The lowest BCUT2D eigenvalue weighted by molar-refractivity contribution is -0.120. The van der Waals surface area contributed by atoms with E-state index in [1.807, 2.05) is 95.7 Å². The van der Waals surface area contributed by atoms with Crippen LogP contribution in [0.4, 0.5) is 0 Å². The monoisotopic (exact) mass is 368 g/mol. The molecule has 0 atom stereocenters. The number of carbonyl (C=O) groups is 1. The zero-order valence-electron chi connectivity index (χ0n) is 15.2. The largest absolute Gasteiger partial charge is 0.294 e. The highest BCUT2D eigenvalue weighted by Crippen LogP contribution is 2.34. The number of rotatable bonds is 5. The summed E-state index contributed by atoms with van der Waals surface area (Å²) < 4.78 is 1.90. The molecule has 1 heterocycles. The number of benzene rings is 3. The van der Waals surface area contributed by atoms with E-state index in [4.69, 9.17) is 10.9 Å². The molecule has 3 aromatic carbocycles. The van der Waals surface area contributed by atoms with Gasteiger partial charge in [-0.05, 0) is 12.1 Å². The van der Waals surface area contributed by atoms with Crippen molar-refractivity contribution in [2.24, 2.45) is 5.84 Å². The van der Waals surface area contributed by atoms with E-state index in [1.165, 1.54) is 0 Å². The summed E-state index contributed by atoms with van der Waals surface area (Å²) in [6, 6.07) is 29.8. The van der Waals surface area contributed by atoms with Gasteiger partial charge in [0.1, 0.15) is 0 Å². The van der Waals surface area contributed by atoms with Gasteiger partial charge >= 0.3 is 0 Å². The minimum Gasteiger partial charge on any atom is -0.294 e. The molecular formula is C23H20N4O. The Morgan fingerprint density at radius 3 is 1.93 bits per heavy atom. The third-order valence-electron chi connectivity index (χ3n) is 4.58. The van der Waals surface area contributed by atoms with Crippen LogP contribution < -0.4 is 11.3 Å². The van der Waals surface area contributed by atoms with Crippen molar-refractivity contribution in [1.82, 2.24) is 15.2 Å². The number of hydrogen-bond acceptors (Lipinski definition) is 3. The van der Waals surface area contributed by atoms with Crippen LogP contribution in [0.15, 0.2) is 91.0 Å². The summed E-state index contributed by atoms with van der Waals surface area (Å²) in [5.74, 6) is 5.13. The summed E-state index contributed by atoms with van der Waals surface area (Å²) in [4.78, 5) is 12.2. The summed E-state index contributed by atoms with van der Waals surface area (Å²) in [7, 11) is 0. The first-order valence-electron chi connectivity index (χ1n) is 9.05. The second-order valence-corrected chi connectivity index (χ2v) is 6.40. The number of nitrogens with one attached hydrogen (secondary N) is 1. The number of hydrazine groups is 1. The van der Waals surface area contributed by atoms with E-state index in [0.717, 1.165) is 33.8 Å². The second kappa shape index (κ2) is 7.90. The summed E-state index contributed by atoms with van der Waals surface area (Å²) in [5, 5.41) is 4.91. The van der Waals surface area contributed by atoms with Crippen LogP contribution in [0, 0.1) is 0 Å². The Morgan fingerprint density at radius 2 is 1.36 bits per heavy atom. The molecule has 0 saturated heterocycles. The van der Waals surface area contributed by atoms with Gasteiger partial charge in [0.15, 0.2) is 0 Å². The number of aromatic nitrogens is 2. The molecule has 3 N–H and O–H groups in total. The molecule has 0 unspecified atom stereocenters. The molecule has 0 bridgehead atoms. The maximum absolute atomic E-state index is 12.2. The summed E-state index contributed by atoms with van der Waals surface area (Å²) in [5.41, 5.74) is 7.60. The predicted molar refractivity (Wildman–Crippen MR) is 110 cm³/mol. The summed E-state index contributed by atoms with van der Waals surface area (Å²) in [6.07, 6.45) is 0.137. The standard InChI is InChI=1S/C23H20N4O/c24-25-21(28)16-20-22(17-10-4-1-5-11-17)26-27(19-14-8-3-9-15-19)23(20)18-12-6-2-7-13-18/h1-15H,16,24H2,(H,25,28). The highest BCUT2D eigenvalue weighted by atomic mass is 16.2. The van der Waals surface area contributed by atoms with Crippen molar-refractivity contribution in [3.63, 3.8) is 0 Å². The third-order valence-corrected chi connectivity index (χ3v) is 4.58. The average Bonchev–Trinajstić information content (AvgIpc) is 3.14. The molecule has 4 rings (SSSR count). The molecule has 0 radical (unpaired) electrons. The topological polar surface area (TPSA) is 72.9 Å². The quantitative estimate of drug-likeness (QED) is 0.320. The highest BCUT2D eigenvalue weighted by Gasteiger charge is 2.23. The first kappa shape index (κ1) is 17.7. The molecule has 0 fully saturated rings. The lowest BCUT2D eigenvalue weighted by Crippen LogP contribution is -2.31. The van der Waals surface area contributed by atoms with Gasteiger partial charge in [0, 0.05) is 16.7 Å². The van der Waals surface area contributed by atoms with E-state index in [2.05, 4.69) is 5.43 Å². The molecule has 0 saturated carbocycles. The van der Waals surface area contributed by atoms with Crippen molar-refractivity contribution in [2.45, 2.75) is 6.42 Å². The normalized spacial score (nSPS) is 10.6. The maximum atomic E-state index is 12.2. The molecule has 5 heteroatoms. The van der Waals surface area contributed by atoms with Crippen LogP contribution in [-0.2, 0) is 11.2 Å². The van der Waals surface area contributed by atoms with Gasteiger partial charge in [-0.15, -0.1) is 0 Å². The van der Waals surface area contributed by atoms with Gasteiger partial charge in [-0.3, -0.25) is 10.2 Å². The number of nitrogens with zero attached hydrogens (tertiary/aromatic N) is 2. The Hall–Kier alpha value is -3.70. The van der Waals surface area contributed by atoms with Crippen molar-refractivity contribution in [2.75, 3.05) is 0 Å². The Morgan fingerprint density at radius 1 is 0.821 bits per heavy atom. The van der Waals surface area contributed by atoms with Gasteiger partial charge < -0.3 is 0 Å². The first-order chi connectivity index (χ1) is 13.8. The number of para-hydroxylation sites is 1. The van der Waals surface area contributed by atoms with Crippen molar-refractivity contribution in [1.29, 1.82) is 0 Å². The van der Waals surface area contributed by atoms with Crippen LogP contribution in [0.25, 0.3) is 28.2 Å². The van der Waals surface area contributed by atoms with Crippen LogP contribution in [0.2, 0.25) is 0 Å². The number of nitrogens with two attached hydrogens (primary N) is 1. The molecule has 5 nitrogen and oxygen atoms in total. The van der Waals surface area contributed by atoms with Gasteiger partial charge in [-0.25, -0.2) is 10.5 Å². The predicted octanol–water partition coefficient (Wildman–Crippen LogP) is 3.74. The Labute approximate surface area is 163 Å². The van der Waals surface area contributed by atoms with Crippen molar-refractivity contribution in [3.05, 3.63) is 96.6 Å². The summed E-state index contributed by atoms with van der Waals surface area (Å²) in [6.45, 7) is 0. The number of amides is 1. The van der Waals surface area contributed by atoms with Crippen molar-refractivity contribution < 1.29 is 4.79 Å². The molecular weight excluding hydrogens is 348 g/mol. The van der Waals surface area contributed by atoms with Crippen LogP contribution in [0.3, 0.4) is 0 Å². The minimum absolute atomic E-state index is 0.137. The Bertz CT molecular complexity index is 1070. The molecule has 0 aliphatic heterocycles. The molecule has 0 aliphatic rings. The summed E-state index contributed by atoms with van der Waals surface area (Å²) >= 11 is 0. The van der Waals surface area contributed by atoms with Gasteiger partial charge in [0.2, 0.25) is 5.91 Å². The van der Waals surface area contributed by atoms with E-state index in [0.29, 0.717) is 0 Å². The van der Waals surface area contributed by atoms with Crippen LogP contribution in [0.5, 0.6) is 0 Å². The van der Waals surface area contributed by atoms with E-state index in [9.17, 15) is 4.79 Å². The van der Waals surface area contributed by atoms with Gasteiger partial charge in [0.05, 0.1) is 23.5 Å². The highest BCUT2D eigenvalue weighted by molar-refractivity contribution is 5.85. The van der Waals surface area contributed by atoms with E-state index < -0.39 is 0 Å². The molecule has 1 aromatic heterocycles.